The Morgan fingerprint density at radius 1 is 1.17 bits per heavy atom. The second-order valence-corrected chi connectivity index (χ2v) is 10.1. The molecule has 0 bridgehead atoms. The van der Waals surface area contributed by atoms with Gasteiger partial charge in [-0.15, -0.1) is 0 Å². The summed E-state index contributed by atoms with van der Waals surface area (Å²) >= 11 is 1.07. The molecular formula is C20H22FN3O4S2. The third-order valence-corrected chi connectivity index (χ3v) is 6.71. The van der Waals surface area contributed by atoms with Crippen LogP contribution in [0.2, 0.25) is 0 Å². The maximum Gasteiger partial charge on any atom is 0.308 e. The highest BCUT2D eigenvalue weighted by atomic mass is 32.2. The summed E-state index contributed by atoms with van der Waals surface area (Å²) in [6.45, 7) is 5.25. The van der Waals surface area contributed by atoms with Crippen molar-refractivity contribution < 1.29 is 17.6 Å². The van der Waals surface area contributed by atoms with E-state index in [9.17, 15) is 22.4 Å². The minimum absolute atomic E-state index is 0.00120. The van der Waals surface area contributed by atoms with Crippen molar-refractivity contribution >= 4 is 48.9 Å². The Hall–Kier alpha value is -2.72. The van der Waals surface area contributed by atoms with Gasteiger partial charge in [0.15, 0.2) is 0 Å². The minimum Gasteiger partial charge on any atom is -0.324 e. The summed E-state index contributed by atoms with van der Waals surface area (Å²) in [5.41, 5.74) is 1.26. The number of nitrogens with one attached hydrogen (secondary N) is 1. The predicted octanol–water partition coefficient (Wildman–Crippen LogP) is 3.58. The Labute approximate surface area is 177 Å². The van der Waals surface area contributed by atoms with Crippen LogP contribution in [0.25, 0.3) is 10.2 Å². The number of hydrogen-bond donors (Lipinski definition) is 1. The fourth-order valence-electron chi connectivity index (χ4n) is 3.27. The van der Waals surface area contributed by atoms with E-state index >= 15 is 0 Å². The second-order valence-electron chi connectivity index (χ2n) is 7.22. The first-order valence-electron chi connectivity index (χ1n) is 9.20. The molecule has 3 aromatic rings. The Balaban J connectivity index is 1.91. The zero-order valence-electron chi connectivity index (χ0n) is 16.9. The van der Waals surface area contributed by atoms with Crippen molar-refractivity contribution in [1.82, 2.24) is 4.57 Å². The van der Waals surface area contributed by atoms with Gasteiger partial charge in [-0.3, -0.25) is 18.5 Å². The summed E-state index contributed by atoms with van der Waals surface area (Å²) < 4.78 is 41.5. The van der Waals surface area contributed by atoms with Crippen molar-refractivity contribution in [3.05, 3.63) is 57.9 Å². The van der Waals surface area contributed by atoms with Crippen molar-refractivity contribution in [3.8, 4) is 0 Å². The Morgan fingerprint density at radius 2 is 1.87 bits per heavy atom. The van der Waals surface area contributed by atoms with E-state index in [1.807, 2.05) is 13.8 Å². The summed E-state index contributed by atoms with van der Waals surface area (Å²) in [5, 5.41) is 2.69. The highest BCUT2D eigenvalue weighted by molar-refractivity contribution is 7.92. The zero-order valence-corrected chi connectivity index (χ0v) is 18.6. The normalized spacial score (nSPS) is 12.9. The number of aromatic nitrogens is 1. The average molecular weight is 452 g/mol. The van der Waals surface area contributed by atoms with Crippen molar-refractivity contribution in [1.29, 1.82) is 0 Å². The van der Waals surface area contributed by atoms with Crippen LogP contribution in [-0.4, -0.2) is 31.2 Å². The molecule has 0 spiro atoms. The van der Waals surface area contributed by atoms with Gasteiger partial charge < -0.3 is 5.32 Å². The summed E-state index contributed by atoms with van der Waals surface area (Å²) in [5.74, 6) is -1.19. The molecule has 2 aromatic carbocycles. The van der Waals surface area contributed by atoms with E-state index in [4.69, 9.17) is 0 Å². The fraction of sp³-hybridized carbons (Fsp3) is 0.300. The van der Waals surface area contributed by atoms with E-state index < -0.39 is 27.8 Å². The molecule has 7 nitrogen and oxygen atoms in total. The van der Waals surface area contributed by atoms with Gasteiger partial charge >= 0.3 is 4.87 Å². The number of carbonyl (C=O) groups is 1. The van der Waals surface area contributed by atoms with Crippen LogP contribution in [0.1, 0.15) is 26.8 Å². The number of anilines is 2. The van der Waals surface area contributed by atoms with Gasteiger partial charge in [-0.25, -0.2) is 12.8 Å². The van der Waals surface area contributed by atoms with Crippen LogP contribution >= 0.6 is 11.3 Å². The van der Waals surface area contributed by atoms with Gasteiger partial charge in [-0.1, -0.05) is 17.4 Å². The third-order valence-electron chi connectivity index (χ3n) is 4.55. The van der Waals surface area contributed by atoms with Crippen molar-refractivity contribution in [2.24, 2.45) is 0 Å². The van der Waals surface area contributed by atoms with Gasteiger partial charge in [0.25, 0.3) is 0 Å². The first-order chi connectivity index (χ1) is 14.0. The molecule has 30 heavy (non-hydrogen) atoms. The van der Waals surface area contributed by atoms with Crippen molar-refractivity contribution in [3.63, 3.8) is 0 Å². The molecule has 1 heterocycles. The van der Waals surface area contributed by atoms with Crippen LogP contribution in [0, 0.1) is 5.82 Å². The lowest BCUT2D eigenvalue weighted by Gasteiger charge is -2.28. The number of hydrogen-bond acceptors (Lipinski definition) is 5. The van der Waals surface area contributed by atoms with Gasteiger partial charge in [0.1, 0.15) is 11.9 Å². The van der Waals surface area contributed by atoms with E-state index in [0.717, 1.165) is 33.5 Å². The number of nitrogens with zero attached hydrogens (tertiary/aromatic N) is 2. The molecule has 10 heteroatoms. The number of halogens is 1. The van der Waals surface area contributed by atoms with Gasteiger partial charge in [0, 0.05) is 11.7 Å². The summed E-state index contributed by atoms with van der Waals surface area (Å²) in [6.07, 6.45) is 0.958. The Kier molecular flexibility index (Phi) is 6.00. The second kappa shape index (κ2) is 8.19. The fourth-order valence-corrected chi connectivity index (χ4v) is 5.49. The van der Waals surface area contributed by atoms with Gasteiger partial charge in [-0.05, 0) is 57.2 Å². The molecule has 0 radical (unpaired) electrons. The smallest absolute Gasteiger partial charge is 0.308 e. The topological polar surface area (TPSA) is 88.5 Å². The first kappa shape index (κ1) is 22.0. The number of thiazole rings is 1. The number of fused-ring (bicyclic) bond motifs is 1. The molecule has 1 atom stereocenters. The van der Waals surface area contributed by atoms with Crippen LogP contribution < -0.4 is 14.5 Å². The van der Waals surface area contributed by atoms with Crippen LogP contribution in [0.5, 0.6) is 0 Å². The van der Waals surface area contributed by atoms with E-state index in [1.54, 1.807) is 22.8 Å². The number of rotatable bonds is 6. The summed E-state index contributed by atoms with van der Waals surface area (Å²) in [4.78, 5) is 24.9. The lowest BCUT2D eigenvalue weighted by atomic mass is 10.2. The quantitative estimate of drug-likeness (QED) is 0.621. The number of carbonyl (C=O) groups excluding carboxylic acids is 1. The van der Waals surface area contributed by atoms with Crippen molar-refractivity contribution in [2.45, 2.75) is 32.9 Å². The van der Waals surface area contributed by atoms with E-state index in [2.05, 4.69) is 5.32 Å². The molecule has 1 unspecified atom stereocenters. The maximum atomic E-state index is 13.6. The maximum absolute atomic E-state index is 13.6. The SMILES string of the molecule is CC(C(=O)Nc1ccc2c(c1)sc(=O)n2C(C)C)N(c1cccc(F)c1)S(C)(=O)=O. The predicted molar refractivity (Wildman–Crippen MR) is 118 cm³/mol. The molecule has 3 rings (SSSR count). The minimum atomic E-state index is -3.85. The molecule has 0 saturated carbocycles. The highest BCUT2D eigenvalue weighted by Crippen LogP contribution is 2.26. The van der Waals surface area contributed by atoms with Crippen LogP contribution in [0.15, 0.2) is 47.3 Å². The zero-order chi connectivity index (χ0) is 22.2. The van der Waals surface area contributed by atoms with Crippen LogP contribution in [-0.2, 0) is 14.8 Å². The molecule has 0 aliphatic carbocycles. The average Bonchev–Trinajstić information content (AvgIpc) is 2.95. The number of benzene rings is 2. The number of amides is 1. The first-order valence-corrected chi connectivity index (χ1v) is 11.9. The Morgan fingerprint density at radius 3 is 2.47 bits per heavy atom. The van der Waals surface area contributed by atoms with Gasteiger partial charge in [0.2, 0.25) is 15.9 Å². The number of sulfonamides is 1. The molecule has 0 fully saturated rings. The molecule has 0 aliphatic heterocycles. The summed E-state index contributed by atoms with van der Waals surface area (Å²) in [6, 6.07) is 9.01. The van der Waals surface area contributed by atoms with Gasteiger partial charge in [-0.2, -0.15) is 0 Å². The summed E-state index contributed by atoms with van der Waals surface area (Å²) in [7, 11) is -3.85. The lowest BCUT2D eigenvalue weighted by Crippen LogP contribution is -2.45. The molecule has 0 aliphatic rings. The lowest BCUT2D eigenvalue weighted by molar-refractivity contribution is -0.116. The highest BCUT2D eigenvalue weighted by Gasteiger charge is 2.29. The molecule has 1 aromatic heterocycles. The van der Waals surface area contributed by atoms with E-state index in [1.165, 1.54) is 25.1 Å². The molecule has 1 amide bonds. The standard InChI is InChI=1S/C20H22FN3O4S2/c1-12(2)23-17-9-8-15(11-18(17)29-20(23)26)22-19(25)13(3)24(30(4,27)28)16-7-5-6-14(21)10-16/h5-13H,1-4H3,(H,22,25). The van der Waals surface area contributed by atoms with Crippen LogP contribution in [0.4, 0.5) is 15.8 Å². The Bertz CT molecular complexity index is 1260. The molecule has 0 saturated heterocycles. The molecule has 1 N–H and O–H groups in total. The molecular weight excluding hydrogens is 429 g/mol. The molecule has 160 valence electrons. The third kappa shape index (κ3) is 4.39. The monoisotopic (exact) mass is 451 g/mol. The van der Waals surface area contributed by atoms with Crippen LogP contribution in [0.3, 0.4) is 0 Å². The largest absolute Gasteiger partial charge is 0.324 e. The van der Waals surface area contributed by atoms with E-state index in [-0.39, 0.29) is 16.6 Å². The van der Waals surface area contributed by atoms with Gasteiger partial charge in [0.05, 0.1) is 22.2 Å². The van der Waals surface area contributed by atoms with E-state index in [0.29, 0.717) is 10.4 Å². The van der Waals surface area contributed by atoms with Crippen molar-refractivity contribution in [2.75, 3.05) is 15.9 Å².